The van der Waals surface area contributed by atoms with Gasteiger partial charge in [0.2, 0.25) is 0 Å². The Hall–Kier alpha value is -1.38. The number of hydrogen-bond donors (Lipinski definition) is 1. The maximum absolute atomic E-state index is 12.2. The van der Waals surface area contributed by atoms with Crippen LogP contribution in [0.3, 0.4) is 0 Å². The molecule has 1 aliphatic heterocycles. The van der Waals surface area contributed by atoms with Crippen LogP contribution in [-0.2, 0) is 13.1 Å². The van der Waals surface area contributed by atoms with E-state index >= 15 is 0 Å². The summed E-state index contributed by atoms with van der Waals surface area (Å²) in [4.78, 5) is 17.5. The fourth-order valence-electron chi connectivity index (χ4n) is 2.55. The number of amides is 2. The average molecular weight is 399 g/mol. The summed E-state index contributed by atoms with van der Waals surface area (Å²) in [6.07, 6.45) is 0. The summed E-state index contributed by atoms with van der Waals surface area (Å²) in [5.41, 5.74) is 0.948. The number of nitrogens with one attached hydrogen (secondary N) is 1. The van der Waals surface area contributed by atoms with Gasteiger partial charge in [-0.15, -0.1) is 11.3 Å². The topological polar surface area (TPSA) is 61.6 Å². The van der Waals surface area contributed by atoms with Gasteiger partial charge in [-0.2, -0.15) is 0 Å². The third kappa shape index (κ3) is 4.55. The van der Waals surface area contributed by atoms with Crippen LogP contribution >= 0.6 is 27.3 Å². The van der Waals surface area contributed by atoms with Crippen molar-refractivity contribution in [2.75, 3.05) is 26.2 Å². The number of aromatic nitrogens is 1. The highest BCUT2D eigenvalue weighted by molar-refractivity contribution is 9.11. The summed E-state index contributed by atoms with van der Waals surface area (Å²) in [5, 5.41) is 7.00. The van der Waals surface area contributed by atoms with Gasteiger partial charge in [-0.3, -0.25) is 4.90 Å². The maximum Gasteiger partial charge on any atom is 0.317 e. The van der Waals surface area contributed by atoms with E-state index in [1.165, 1.54) is 0 Å². The molecule has 1 N–H and O–H groups in total. The fourth-order valence-corrected chi connectivity index (χ4v) is 3.97. The number of urea groups is 1. The van der Waals surface area contributed by atoms with E-state index in [9.17, 15) is 4.79 Å². The van der Waals surface area contributed by atoms with Crippen molar-refractivity contribution < 1.29 is 9.32 Å². The number of aryl methyl sites for hydroxylation is 1. The second-order valence-corrected chi connectivity index (χ2v) is 8.10. The monoisotopic (exact) mass is 398 g/mol. The Kier molecular flexibility index (Phi) is 5.34. The molecule has 2 aromatic rings. The summed E-state index contributed by atoms with van der Waals surface area (Å²) < 4.78 is 6.17. The van der Waals surface area contributed by atoms with Crippen LogP contribution in [0.1, 0.15) is 16.3 Å². The molecule has 0 radical (unpaired) electrons. The molecule has 3 rings (SSSR count). The molecule has 0 aliphatic carbocycles. The molecule has 3 heterocycles. The van der Waals surface area contributed by atoms with Gasteiger partial charge in [0.25, 0.3) is 0 Å². The van der Waals surface area contributed by atoms with Gasteiger partial charge < -0.3 is 14.7 Å². The summed E-state index contributed by atoms with van der Waals surface area (Å²) in [5.74, 6) is 0.832. The number of halogens is 1. The van der Waals surface area contributed by atoms with Crippen LogP contribution in [-0.4, -0.2) is 47.2 Å². The Morgan fingerprint density at radius 2 is 2.17 bits per heavy atom. The van der Waals surface area contributed by atoms with Crippen LogP contribution in [0.4, 0.5) is 4.79 Å². The van der Waals surface area contributed by atoms with Gasteiger partial charge in [0.15, 0.2) is 0 Å². The lowest BCUT2D eigenvalue weighted by atomic mass is 10.3. The first-order chi connectivity index (χ1) is 11.1. The second-order valence-electron chi connectivity index (χ2n) is 5.56. The molecule has 0 atom stereocenters. The Bertz CT molecular complexity index is 664. The van der Waals surface area contributed by atoms with E-state index in [1.54, 1.807) is 11.3 Å². The lowest BCUT2D eigenvalue weighted by molar-refractivity contribution is 0.133. The van der Waals surface area contributed by atoms with Gasteiger partial charge in [0.05, 0.1) is 16.0 Å². The predicted octanol–water partition coefficient (Wildman–Crippen LogP) is 2.83. The third-order valence-electron chi connectivity index (χ3n) is 3.76. The molecular weight excluding hydrogens is 380 g/mol. The van der Waals surface area contributed by atoms with Gasteiger partial charge in [-0.1, -0.05) is 5.16 Å². The highest BCUT2D eigenvalue weighted by Crippen LogP contribution is 2.21. The molecule has 2 amide bonds. The smallest absolute Gasteiger partial charge is 0.317 e. The SMILES string of the molecule is Cc1cc(CN2CCN(C(=O)NCc3ccc(Br)s3)CC2)no1. The van der Waals surface area contributed by atoms with Crippen LogP contribution in [0.15, 0.2) is 26.5 Å². The molecule has 0 aromatic carbocycles. The highest BCUT2D eigenvalue weighted by Gasteiger charge is 2.21. The Labute approximate surface area is 147 Å². The first-order valence-corrected chi connectivity index (χ1v) is 9.12. The molecule has 1 saturated heterocycles. The molecular formula is C15H19BrN4O2S. The number of piperazine rings is 1. The minimum Gasteiger partial charge on any atom is -0.361 e. The van der Waals surface area contributed by atoms with Crippen molar-refractivity contribution in [3.05, 3.63) is 38.3 Å². The molecule has 6 nitrogen and oxygen atoms in total. The minimum absolute atomic E-state index is 0.00598. The maximum atomic E-state index is 12.2. The normalized spacial score (nSPS) is 15.8. The van der Waals surface area contributed by atoms with E-state index < -0.39 is 0 Å². The van der Waals surface area contributed by atoms with Crippen molar-refractivity contribution in [1.29, 1.82) is 0 Å². The van der Waals surface area contributed by atoms with Gasteiger partial charge in [0.1, 0.15) is 5.76 Å². The molecule has 2 aromatic heterocycles. The van der Waals surface area contributed by atoms with Gasteiger partial charge in [-0.05, 0) is 35.0 Å². The van der Waals surface area contributed by atoms with E-state index in [0.29, 0.717) is 6.54 Å². The lowest BCUT2D eigenvalue weighted by Crippen LogP contribution is -2.51. The van der Waals surface area contributed by atoms with Crippen LogP contribution in [0.25, 0.3) is 0 Å². The van der Waals surface area contributed by atoms with E-state index in [-0.39, 0.29) is 6.03 Å². The van der Waals surface area contributed by atoms with Gasteiger partial charge in [0, 0.05) is 43.7 Å². The van der Waals surface area contributed by atoms with Gasteiger partial charge >= 0.3 is 6.03 Å². The number of rotatable bonds is 4. The summed E-state index contributed by atoms with van der Waals surface area (Å²) in [6.45, 7) is 6.41. The number of hydrogen-bond acceptors (Lipinski definition) is 5. The lowest BCUT2D eigenvalue weighted by Gasteiger charge is -2.34. The Morgan fingerprint density at radius 3 is 2.78 bits per heavy atom. The molecule has 1 aliphatic rings. The Morgan fingerprint density at radius 1 is 1.39 bits per heavy atom. The number of carbonyl (C=O) groups is 1. The Balaban J connectivity index is 1.42. The van der Waals surface area contributed by atoms with Crippen molar-refractivity contribution in [2.24, 2.45) is 0 Å². The molecule has 1 fully saturated rings. The predicted molar refractivity (Wildman–Crippen MR) is 92.3 cm³/mol. The van der Waals surface area contributed by atoms with Crippen LogP contribution in [0, 0.1) is 6.92 Å². The van der Waals surface area contributed by atoms with Gasteiger partial charge in [-0.25, -0.2) is 4.79 Å². The molecule has 0 spiro atoms. The quantitative estimate of drug-likeness (QED) is 0.859. The molecule has 23 heavy (non-hydrogen) atoms. The first-order valence-electron chi connectivity index (χ1n) is 7.52. The number of thiophene rings is 1. The zero-order valence-corrected chi connectivity index (χ0v) is 15.3. The third-order valence-corrected chi connectivity index (χ3v) is 5.39. The second kappa shape index (κ2) is 7.46. The minimum atomic E-state index is 0.00598. The van der Waals surface area contributed by atoms with E-state index in [1.807, 2.05) is 30.0 Å². The molecule has 0 unspecified atom stereocenters. The van der Waals surface area contributed by atoms with Crippen LogP contribution in [0.2, 0.25) is 0 Å². The van der Waals surface area contributed by atoms with E-state index in [4.69, 9.17) is 4.52 Å². The van der Waals surface area contributed by atoms with Crippen molar-refractivity contribution in [1.82, 2.24) is 20.3 Å². The fraction of sp³-hybridized carbons (Fsp3) is 0.467. The summed E-state index contributed by atoms with van der Waals surface area (Å²) >= 11 is 5.07. The van der Waals surface area contributed by atoms with E-state index in [0.717, 1.165) is 52.8 Å². The average Bonchev–Trinajstić information content (AvgIpc) is 3.14. The molecule has 0 saturated carbocycles. The summed E-state index contributed by atoms with van der Waals surface area (Å²) in [6, 6.07) is 5.98. The van der Waals surface area contributed by atoms with Crippen LogP contribution in [0.5, 0.6) is 0 Å². The van der Waals surface area contributed by atoms with Crippen molar-refractivity contribution in [2.45, 2.75) is 20.0 Å². The number of carbonyl (C=O) groups excluding carboxylic acids is 1. The first kappa shape index (κ1) is 16.5. The zero-order valence-electron chi connectivity index (χ0n) is 12.9. The standard InChI is InChI=1S/C15H19BrN4O2S/c1-11-8-12(18-22-11)10-19-4-6-20(7-5-19)15(21)17-9-13-2-3-14(16)23-13/h2-3,8H,4-7,9-10H2,1H3,(H,17,21). The number of nitrogens with zero attached hydrogens (tertiary/aromatic N) is 3. The summed E-state index contributed by atoms with van der Waals surface area (Å²) in [7, 11) is 0. The molecule has 0 bridgehead atoms. The van der Waals surface area contributed by atoms with E-state index in [2.05, 4.69) is 31.3 Å². The highest BCUT2D eigenvalue weighted by atomic mass is 79.9. The molecule has 8 heteroatoms. The van der Waals surface area contributed by atoms with Crippen molar-refractivity contribution >= 4 is 33.3 Å². The zero-order chi connectivity index (χ0) is 16.2. The van der Waals surface area contributed by atoms with Crippen molar-refractivity contribution in [3.8, 4) is 0 Å². The molecule has 124 valence electrons. The van der Waals surface area contributed by atoms with Crippen molar-refractivity contribution in [3.63, 3.8) is 0 Å². The largest absolute Gasteiger partial charge is 0.361 e. The van der Waals surface area contributed by atoms with Crippen LogP contribution < -0.4 is 5.32 Å².